The smallest absolute Gasteiger partial charge is 0.224 e. The monoisotopic (exact) mass is 546 g/mol. The van der Waals surface area contributed by atoms with E-state index in [0.29, 0.717) is 39.5 Å². The molecule has 2 N–H and O–H groups in total. The zero-order valence-electron chi connectivity index (χ0n) is 21.2. The van der Waals surface area contributed by atoms with Gasteiger partial charge in [0.2, 0.25) is 5.91 Å². The number of aromatic nitrogens is 1. The fourth-order valence-electron chi connectivity index (χ4n) is 4.62. The lowest BCUT2D eigenvalue weighted by Gasteiger charge is -2.27. The zero-order valence-corrected chi connectivity index (χ0v) is 22.8. The second-order valence-electron chi connectivity index (χ2n) is 8.90. The minimum atomic E-state index is -0.341. The number of hydrogen-bond acceptors (Lipinski definition) is 5. The van der Waals surface area contributed by atoms with Gasteiger partial charge in [-0.05, 0) is 67.2 Å². The van der Waals surface area contributed by atoms with E-state index >= 15 is 0 Å². The third-order valence-corrected chi connectivity index (χ3v) is 7.33. The quantitative estimate of drug-likeness (QED) is 0.246. The fraction of sp³-hybridized carbons (Fsp3) is 0.207. The van der Waals surface area contributed by atoms with Crippen molar-refractivity contribution in [1.29, 1.82) is 0 Å². The highest BCUT2D eigenvalue weighted by Gasteiger charge is 2.43. The molecule has 1 saturated heterocycles. The summed E-state index contributed by atoms with van der Waals surface area (Å²) in [6, 6.07) is 20.4. The molecule has 7 nitrogen and oxygen atoms in total. The summed E-state index contributed by atoms with van der Waals surface area (Å²) in [5, 5.41) is 7.52. The first kappa shape index (κ1) is 25.8. The van der Waals surface area contributed by atoms with Gasteiger partial charge in [-0.1, -0.05) is 36.7 Å². The number of pyridine rings is 1. The standard InChI is InChI=1S/C29H27ClN4O3S/c1-4-26(35)32-21-12-11-18(16-25(21)36-3)34-28(27(33-29(34)38)22-10-5-6-15-31-22)24-14-13-23(37-24)19-8-7-9-20(30)17(19)2/h5-16,27-28H,4H2,1-3H3,(H,32,35)(H,33,38)/t27-,28+/m1/s1. The van der Waals surface area contributed by atoms with Crippen LogP contribution in [0, 0.1) is 6.92 Å². The van der Waals surface area contributed by atoms with Gasteiger partial charge in [-0.3, -0.25) is 9.78 Å². The predicted octanol–water partition coefficient (Wildman–Crippen LogP) is 6.84. The van der Waals surface area contributed by atoms with E-state index in [4.69, 9.17) is 33.0 Å². The van der Waals surface area contributed by atoms with Gasteiger partial charge >= 0.3 is 0 Å². The lowest BCUT2D eigenvalue weighted by atomic mass is 10.0. The van der Waals surface area contributed by atoms with Gasteiger partial charge in [-0.15, -0.1) is 0 Å². The number of methoxy groups -OCH3 is 1. The number of benzene rings is 2. The zero-order chi connectivity index (χ0) is 26.8. The lowest BCUT2D eigenvalue weighted by molar-refractivity contribution is -0.115. The van der Waals surface area contributed by atoms with E-state index in [1.807, 2.05) is 78.6 Å². The van der Waals surface area contributed by atoms with Crippen molar-refractivity contribution in [3.8, 4) is 17.1 Å². The molecule has 2 aromatic carbocycles. The summed E-state index contributed by atoms with van der Waals surface area (Å²) in [6.45, 7) is 3.77. The molecule has 1 amide bonds. The Balaban J connectivity index is 1.59. The summed E-state index contributed by atoms with van der Waals surface area (Å²) in [4.78, 5) is 18.6. The molecule has 5 rings (SSSR count). The molecule has 1 aliphatic rings. The molecule has 0 spiro atoms. The van der Waals surface area contributed by atoms with E-state index in [2.05, 4.69) is 15.6 Å². The summed E-state index contributed by atoms with van der Waals surface area (Å²) >= 11 is 12.2. The topological polar surface area (TPSA) is 79.6 Å². The molecule has 9 heteroatoms. The van der Waals surface area contributed by atoms with Crippen LogP contribution in [-0.2, 0) is 4.79 Å². The van der Waals surface area contributed by atoms with Crippen LogP contribution in [0.5, 0.6) is 5.75 Å². The molecule has 0 saturated carbocycles. The van der Waals surface area contributed by atoms with Crippen LogP contribution < -0.4 is 20.3 Å². The second kappa shape index (κ2) is 10.8. The highest BCUT2D eigenvalue weighted by atomic mass is 35.5. The van der Waals surface area contributed by atoms with Crippen LogP contribution in [0.25, 0.3) is 11.3 Å². The van der Waals surface area contributed by atoms with Crippen molar-refractivity contribution < 1.29 is 13.9 Å². The van der Waals surface area contributed by atoms with Gasteiger partial charge in [-0.25, -0.2) is 0 Å². The molecule has 1 aliphatic heterocycles. The van der Waals surface area contributed by atoms with Gasteiger partial charge in [0.05, 0.1) is 24.5 Å². The van der Waals surface area contributed by atoms with Crippen LogP contribution in [-0.4, -0.2) is 23.1 Å². The molecular weight excluding hydrogens is 520 g/mol. The van der Waals surface area contributed by atoms with Crippen LogP contribution in [0.1, 0.15) is 42.4 Å². The molecule has 38 heavy (non-hydrogen) atoms. The van der Waals surface area contributed by atoms with E-state index in [9.17, 15) is 4.79 Å². The van der Waals surface area contributed by atoms with Crippen molar-refractivity contribution in [1.82, 2.24) is 10.3 Å². The Bertz CT molecular complexity index is 1490. The molecule has 0 aliphatic carbocycles. The number of carbonyl (C=O) groups is 1. The first-order valence-electron chi connectivity index (χ1n) is 12.2. The third kappa shape index (κ3) is 4.85. The minimum Gasteiger partial charge on any atom is -0.494 e. The minimum absolute atomic E-state index is 0.0954. The van der Waals surface area contributed by atoms with Crippen molar-refractivity contribution in [3.63, 3.8) is 0 Å². The van der Waals surface area contributed by atoms with Crippen LogP contribution in [0.2, 0.25) is 5.02 Å². The maximum atomic E-state index is 12.0. The Morgan fingerprint density at radius 1 is 1.18 bits per heavy atom. The van der Waals surface area contributed by atoms with Crippen LogP contribution in [0.3, 0.4) is 0 Å². The average Bonchev–Trinajstić information content (AvgIpc) is 3.55. The van der Waals surface area contributed by atoms with E-state index in [0.717, 1.165) is 22.5 Å². The number of rotatable bonds is 7. The Hall–Kier alpha value is -3.88. The van der Waals surface area contributed by atoms with Crippen LogP contribution in [0.15, 0.2) is 77.3 Å². The first-order valence-corrected chi connectivity index (χ1v) is 13.0. The van der Waals surface area contributed by atoms with Gasteiger partial charge in [0.15, 0.2) is 5.11 Å². The Morgan fingerprint density at radius 2 is 2.03 bits per heavy atom. The van der Waals surface area contributed by atoms with Crippen molar-refractivity contribution in [2.45, 2.75) is 32.4 Å². The van der Waals surface area contributed by atoms with Gasteiger partial charge in [0.25, 0.3) is 0 Å². The number of thiocarbonyl (C=S) groups is 1. The normalized spacial score (nSPS) is 16.8. The highest BCUT2D eigenvalue weighted by Crippen LogP contribution is 2.44. The number of nitrogens with one attached hydrogen (secondary N) is 2. The average molecular weight is 547 g/mol. The van der Waals surface area contributed by atoms with E-state index in [1.54, 1.807) is 20.2 Å². The number of furan rings is 1. The lowest BCUT2D eigenvalue weighted by Crippen LogP contribution is -2.29. The van der Waals surface area contributed by atoms with Gasteiger partial charge in [0.1, 0.15) is 23.3 Å². The number of ether oxygens (including phenoxy) is 1. The first-order chi connectivity index (χ1) is 18.4. The van der Waals surface area contributed by atoms with Crippen molar-refractivity contribution in [2.75, 3.05) is 17.3 Å². The summed E-state index contributed by atoms with van der Waals surface area (Å²) in [6.07, 6.45) is 2.13. The number of hydrogen-bond donors (Lipinski definition) is 2. The van der Waals surface area contributed by atoms with Crippen LogP contribution >= 0.6 is 23.8 Å². The molecule has 0 bridgehead atoms. The largest absolute Gasteiger partial charge is 0.494 e. The van der Waals surface area contributed by atoms with Crippen molar-refractivity contribution in [2.24, 2.45) is 0 Å². The molecule has 0 radical (unpaired) electrons. The van der Waals surface area contributed by atoms with Crippen molar-refractivity contribution >= 4 is 46.2 Å². The molecule has 2 atom stereocenters. The Kier molecular flexibility index (Phi) is 7.35. The number of carbonyl (C=O) groups excluding carboxylic acids is 1. The third-order valence-electron chi connectivity index (χ3n) is 6.61. The highest BCUT2D eigenvalue weighted by molar-refractivity contribution is 7.80. The number of amides is 1. The SMILES string of the molecule is CCC(=O)Nc1ccc(N2C(=S)N[C@H](c3ccccn3)[C@@H]2c2ccc(-c3cccc(Cl)c3C)o2)cc1OC. The second-order valence-corrected chi connectivity index (χ2v) is 9.69. The maximum Gasteiger partial charge on any atom is 0.224 e. The number of nitrogens with zero attached hydrogens (tertiary/aromatic N) is 2. The van der Waals surface area contributed by atoms with E-state index in [1.165, 1.54) is 0 Å². The summed E-state index contributed by atoms with van der Waals surface area (Å²) in [5.41, 5.74) is 4.08. The Labute approximate surface area is 231 Å². The predicted molar refractivity (Wildman–Crippen MR) is 154 cm³/mol. The Morgan fingerprint density at radius 3 is 2.76 bits per heavy atom. The van der Waals surface area contributed by atoms with Crippen LogP contribution in [0.4, 0.5) is 11.4 Å². The number of halogens is 1. The van der Waals surface area contributed by atoms with Crippen molar-refractivity contribution in [3.05, 3.63) is 95.0 Å². The van der Waals surface area contributed by atoms with Gasteiger partial charge < -0.3 is 24.7 Å². The molecule has 194 valence electrons. The molecule has 4 aromatic rings. The molecular formula is C29H27ClN4O3S. The summed E-state index contributed by atoms with van der Waals surface area (Å²) < 4.78 is 12.1. The van der Waals surface area contributed by atoms with E-state index in [-0.39, 0.29) is 18.0 Å². The van der Waals surface area contributed by atoms with Gasteiger partial charge in [-0.2, -0.15) is 0 Å². The molecule has 3 heterocycles. The van der Waals surface area contributed by atoms with Gasteiger partial charge in [0, 0.05) is 35.0 Å². The number of anilines is 2. The summed E-state index contributed by atoms with van der Waals surface area (Å²) in [7, 11) is 1.57. The maximum absolute atomic E-state index is 12.0. The molecule has 1 fully saturated rings. The van der Waals surface area contributed by atoms with E-state index < -0.39 is 0 Å². The fourth-order valence-corrected chi connectivity index (χ4v) is 5.14. The summed E-state index contributed by atoms with van der Waals surface area (Å²) in [5.74, 6) is 1.86. The molecule has 0 unspecified atom stereocenters. The molecule has 2 aromatic heterocycles.